The molecule has 1 saturated heterocycles. The topological polar surface area (TPSA) is 80.3 Å². The van der Waals surface area contributed by atoms with Crippen molar-refractivity contribution < 1.29 is 16.8 Å². The summed E-state index contributed by atoms with van der Waals surface area (Å²) in [5.74, 6) is 1.17. The molecule has 1 rings (SSSR count). The van der Waals surface area contributed by atoms with E-state index >= 15 is 0 Å². The number of rotatable bonds is 7. The first kappa shape index (κ1) is 15.9. The molecule has 0 saturated carbocycles. The lowest BCUT2D eigenvalue weighted by Gasteiger charge is -2.22. The molecule has 0 radical (unpaired) electrons. The summed E-state index contributed by atoms with van der Waals surface area (Å²) < 4.78 is 45.1. The Balaban J connectivity index is 2.50. The summed E-state index contributed by atoms with van der Waals surface area (Å²) in [5.41, 5.74) is 0. The van der Waals surface area contributed by atoms with E-state index in [-0.39, 0.29) is 29.1 Å². The highest BCUT2D eigenvalue weighted by Gasteiger charge is 2.33. The number of hydrogen-bond donors (Lipinski definition) is 1. The van der Waals surface area contributed by atoms with Crippen LogP contribution in [0.5, 0.6) is 0 Å². The Labute approximate surface area is 110 Å². The molecule has 0 bridgehead atoms. The van der Waals surface area contributed by atoms with E-state index < -0.39 is 19.7 Å². The first-order chi connectivity index (χ1) is 8.23. The highest BCUT2D eigenvalue weighted by Crippen LogP contribution is 2.28. The van der Waals surface area contributed by atoms with Crippen LogP contribution >= 0.6 is 0 Å². The summed E-state index contributed by atoms with van der Waals surface area (Å²) >= 11 is 0. The zero-order valence-electron chi connectivity index (χ0n) is 11.1. The maximum Gasteiger partial charge on any atom is 0.150 e. The fourth-order valence-corrected chi connectivity index (χ4v) is 5.18. The molecule has 0 aromatic carbocycles. The first-order valence-corrected chi connectivity index (χ1v) is 10.1. The summed E-state index contributed by atoms with van der Waals surface area (Å²) in [6.45, 7) is 0.754. The lowest BCUT2D eigenvalue weighted by atomic mass is 9.88. The lowest BCUT2D eigenvalue weighted by molar-refractivity contribution is 0.330. The molecule has 0 spiro atoms. The average Bonchev–Trinajstić information content (AvgIpc) is 2.56. The molecular formula is C11H23NO4S2. The van der Waals surface area contributed by atoms with Crippen LogP contribution < -0.4 is 5.32 Å². The van der Waals surface area contributed by atoms with Crippen LogP contribution in [0.1, 0.15) is 19.3 Å². The van der Waals surface area contributed by atoms with E-state index in [0.29, 0.717) is 12.8 Å². The second kappa shape index (κ2) is 6.34. The molecule has 108 valence electrons. The van der Waals surface area contributed by atoms with E-state index in [0.717, 1.165) is 13.0 Å². The zero-order valence-corrected chi connectivity index (χ0v) is 12.7. The van der Waals surface area contributed by atoms with E-state index in [2.05, 4.69) is 5.32 Å². The van der Waals surface area contributed by atoms with Crippen LogP contribution in [0.3, 0.4) is 0 Å². The SMILES string of the molecule is CNCC(CCCS(C)(=O)=O)C1CCS(=O)(=O)C1. The molecule has 2 atom stereocenters. The number of sulfone groups is 2. The largest absolute Gasteiger partial charge is 0.319 e. The molecule has 1 heterocycles. The van der Waals surface area contributed by atoms with Crippen LogP contribution in [0.4, 0.5) is 0 Å². The van der Waals surface area contributed by atoms with Gasteiger partial charge in [-0.3, -0.25) is 0 Å². The molecule has 18 heavy (non-hydrogen) atoms. The van der Waals surface area contributed by atoms with E-state index in [9.17, 15) is 16.8 Å². The van der Waals surface area contributed by atoms with Gasteiger partial charge in [0.15, 0.2) is 9.84 Å². The van der Waals surface area contributed by atoms with Crippen LogP contribution in [0.25, 0.3) is 0 Å². The number of hydrogen-bond acceptors (Lipinski definition) is 5. The molecule has 0 aliphatic carbocycles. The van der Waals surface area contributed by atoms with Gasteiger partial charge >= 0.3 is 0 Å². The van der Waals surface area contributed by atoms with E-state index in [1.54, 1.807) is 0 Å². The fourth-order valence-electron chi connectivity index (χ4n) is 2.57. The van der Waals surface area contributed by atoms with Crippen LogP contribution in [0.2, 0.25) is 0 Å². The van der Waals surface area contributed by atoms with Crippen molar-refractivity contribution in [3.8, 4) is 0 Å². The third-order valence-corrected chi connectivity index (χ3v) is 6.31. The molecule has 0 amide bonds. The maximum absolute atomic E-state index is 11.5. The Hall–Kier alpha value is -0.140. The van der Waals surface area contributed by atoms with E-state index in [1.165, 1.54) is 6.26 Å². The monoisotopic (exact) mass is 297 g/mol. The minimum absolute atomic E-state index is 0.182. The van der Waals surface area contributed by atoms with Crippen molar-refractivity contribution in [3.63, 3.8) is 0 Å². The Morgan fingerprint density at radius 1 is 1.39 bits per heavy atom. The van der Waals surface area contributed by atoms with E-state index in [1.807, 2.05) is 7.05 Å². The quantitative estimate of drug-likeness (QED) is 0.720. The molecular weight excluding hydrogens is 274 g/mol. The predicted octanol–water partition coefficient (Wildman–Crippen LogP) is 0.0815. The van der Waals surface area contributed by atoms with Crippen LogP contribution in [0, 0.1) is 11.8 Å². The van der Waals surface area contributed by atoms with Gasteiger partial charge in [0.05, 0.1) is 11.5 Å². The third kappa shape index (κ3) is 5.67. The summed E-state index contributed by atoms with van der Waals surface area (Å²) in [6.07, 6.45) is 3.34. The molecule has 0 aromatic rings. The van der Waals surface area contributed by atoms with Gasteiger partial charge in [0.2, 0.25) is 0 Å². The minimum atomic E-state index is -2.92. The molecule has 0 aromatic heterocycles. The molecule has 1 aliphatic rings. The molecule has 1 fully saturated rings. The first-order valence-electron chi connectivity index (χ1n) is 6.26. The van der Waals surface area contributed by atoms with Gasteiger partial charge in [-0.2, -0.15) is 0 Å². The van der Waals surface area contributed by atoms with Gasteiger partial charge in [-0.15, -0.1) is 0 Å². The Kier molecular flexibility index (Phi) is 5.61. The van der Waals surface area contributed by atoms with Crippen LogP contribution in [0.15, 0.2) is 0 Å². The van der Waals surface area contributed by atoms with Gasteiger partial charge in [0.25, 0.3) is 0 Å². The number of nitrogens with one attached hydrogen (secondary N) is 1. The van der Waals surface area contributed by atoms with Crippen molar-refractivity contribution in [1.29, 1.82) is 0 Å². The average molecular weight is 297 g/mol. The van der Waals surface area contributed by atoms with Crippen molar-refractivity contribution in [2.24, 2.45) is 11.8 Å². The van der Waals surface area contributed by atoms with Gasteiger partial charge < -0.3 is 5.32 Å². The summed E-state index contributed by atoms with van der Waals surface area (Å²) in [7, 11) is -3.94. The van der Waals surface area contributed by atoms with Crippen LogP contribution in [-0.2, 0) is 19.7 Å². The van der Waals surface area contributed by atoms with Crippen molar-refractivity contribution in [2.75, 3.05) is 37.1 Å². The van der Waals surface area contributed by atoms with Crippen molar-refractivity contribution in [1.82, 2.24) is 5.32 Å². The highest BCUT2D eigenvalue weighted by molar-refractivity contribution is 7.91. The predicted molar refractivity (Wildman–Crippen MR) is 73.1 cm³/mol. The molecule has 7 heteroatoms. The normalized spacial score (nSPS) is 25.1. The molecule has 5 nitrogen and oxygen atoms in total. The standard InChI is InChI=1S/C11H23NO4S2/c1-12-8-10(4-3-6-17(2,13)14)11-5-7-18(15,16)9-11/h10-12H,3-9H2,1-2H3. The Morgan fingerprint density at radius 3 is 2.50 bits per heavy atom. The van der Waals surface area contributed by atoms with Crippen LogP contribution in [-0.4, -0.2) is 53.9 Å². The van der Waals surface area contributed by atoms with Gasteiger partial charge in [0.1, 0.15) is 9.84 Å². The molecule has 2 unspecified atom stereocenters. The van der Waals surface area contributed by atoms with Crippen molar-refractivity contribution >= 4 is 19.7 Å². The summed E-state index contributed by atoms with van der Waals surface area (Å²) in [4.78, 5) is 0. The minimum Gasteiger partial charge on any atom is -0.319 e. The van der Waals surface area contributed by atoms with Gasteiger partial charge in [-0.1, -0.05) is 0 Å². The second-order valence-corrected chi connectivity index (χ2v) is 9.74. The third-order valence-electron chi connectivity index (χ3n) is 3.49. The van der Waals surface area contributed by atoms with Gasteiger partial charge in [-0.25, -0.2) is 16.8 Å². The zero-order chi connectivity index (χ0) is 13.8. The Morgan fingerprint density at radius 2 is 2.06 bits per heavy atom. The van der Waals surface area contributed by atoms with Gasteiger partial charge in [-0.05, 0) is 44.7 Å². The summed E-state index contributed by atoms with van der Waals surface area (Å²) in [5, 5.41) is 3.08. The fraction of sp³-hybridized carbons (Fsp3) is 1.00. The van der Waals surface area contributed by atoms with Crippen molar-refractivity contribution in [2.45, 2.75) is 19.3 Å². The highest BCUT2D eigenvalue weighted by atomic mass is 32.2. The Bertz CT molecular complexity index is 455. The van der Waals surface area contributed by atoms with E-state index in [4.69, 9.17) is 0 Å². The van der Waals surface area contributed by atoms with Gasteiger partial charge in [0, 0.05) is 12.0 Å². The molecule has 1 N–H and O–H groups in total. The van der Waals surface area contributed by atoms with Crippen molar-refractivity contribution in [3.05, 3.63) is 0 Å². The maximum atomic E-state index is 11.5. The lowest BCUT2D eigenvalue weighted by Crippen LogP contribution is -2.27. The second-order valence-electron chi connectivity index (χ2n) is 5.25. The smallest absolute Gasteiger partial charge is 0.150 e. The summed E-state index contributed by atoms with van der Waals surface area (Å²) in [6, 6.07) is 0. The molecule has 1 aliphatic heterocycles.